The Bertz CT molecular complexity index is 3250. The van der Waals surface area contributed by atoms with Crippen LogP contribution in [0.2, 0.25) is 0 Å². The summed E-state index contributed by atoms with van der Waals surface area (Å²) in [7, 11) is 0. The van der Waals surface area contributed by atoms with E-state index in [1.54, 1.807) is 0 Å². The predicted molar refractivity (Wildman–Crippen MR) is 237 cm³/mol. The molecule has 0 bridgehead atoms. The largest absolute Gasteiger partial charge is 0.456 e. The molecule has 0 radical (unpaired) electrons. The Morgan fingerprint density at radius 1 is 0.286 bits per heavy atom. The molecule has 1 heterocycles. The third-order valence-electron chi connectivity index (χ3n) is 11.2. The van der Waals surface area contributed by atoms with Crippen molar-refractivity contribution >= 4 is 71.3 Å². The minimum atomic E-state index is 0.887. The van der Waals surface area contributed by atoms with Crippen LogP contribution in [-0.2, 0) is 0 Å². The van der Waals surface area contributed by atoms with Gasteiger partial charge in [-0.1, -0.05) is 158 Å². The Morgan fingerprint density at radius 2 is 0.911 bits per heavy atom. The zero-order valence-corrected chi connectivity index (χ0v) is 30.6. The number of benzene rings is 10. The third-order valence-corrected chi connectivity index (χ3v) is 11.2. The van der Waals surface area contributed by atoms with Crippen molar-refractivity contribution < 1.29 is 4.42 Å². The standard InChI is InChI=1S/C54H35NO/c1-3-13-36(14-4-1)41-25-29-52(48(32-41)37-15-5-2-6-16-37)55(44-27-28-46-42(31-44)24-23-38-17-9-10-20-45(38)46)51-22-12-11-21-47(51)43-26-30-53-49(34-43)50-33-39-18-7-8-19-40(39)35-54(50)56-53/h1-35H. The van der Waals surface area contributed by atoms with E-state index in [1.807, 2.05) is 0 Å². The first-order valence-corrected chi connectivity index (χ1v) is 19.2. The van der Waals surface area contributed by atoms with E-state index in [0.29, 0.717) is 0 Å². The van der Waals surface area contributed by atoms with Gasteiger partial charge in [0.15, 0.2) is 0 Å². The van der Waals surface area contributed by atoms with E-state index in [1.165, 1.54) is 43.4 Å². The summed E-state index contributed by atoms with van der Waals surface area (Å²) in [6.45, 7) is 0. The molecule has 0 aliphatic heterocycles. The molecule has 10 aromatic carbocycles. The van der Waals surface area contributed by atoms with E-state index < -0.39 is 0 Å². The Balaban J connectivity index is 1.16. The number of anilines is 3. The van der Waals surface area contributed by atoms with E-state index >= 15 is 0 Å². The van der Waals surface area contributed by atoms with Crippen molar-refractivity contribution in [1.29, 1.82) is 0 Å². The summed E-state index contributed by atoms with van der Waals surface area (Å²) in [5.41, 5.74) is 12.0. The second kappa shape index (κ2) is 13.2. The molecule has 56 heavy (non-hydrogen) atoms. The highest BCUT2D eigenvalue weighted by Gasteiger charge is 2.22. The zero-order valence-electron chi connectivity index (χ0n) is 30.6. The number of hydrogen-bond donors (Lipinski definition) is 0. The van der Waals surface area contributed by atoms with Crippen LogP contribution in [0.4, 0.5) is 17.1 Å². The molecule has 0 N–H and O–H groups in total. The number of furan rings is 1. The average molecular weight is 714 g/mol. The first kappa shape index (κ1) is 32.0. The highest BCUT2D eigenvalue weighted by Crippen LogP contribution is 2.47. The molecule has 11 rings (SSSR count). The molecule has 0 atom stereocenters. The molecule has 2 nitrogen and oxygen atoms in total. The minimum absolute atomic E-state index is 0.887. The van der Waals surface area contributed by atoms with E-state index in [2.05, 4.69) is 217 Å². The second-order valence-electron chi connectivity index (χ2n) is 14.5. The molecule has 0 saturated heterocycles. The van der Waals surface area contributed by atoms with Crippen molar-refractivity contribution in [3.8, 4) is 33.4 Å². The van der Waals surface area contributed by atoms with Crippen molar-refractivity contribution in [2.45, 2.75) is 0 Å². The summed E-state index contributed by atoms with van der Waals surface area (Å²) in [5.74, 6) is 0. The number of rotatable bonds is 6. The summed E-state index contributed by atoms with van der Waals surface area (Å²) in [4.78, 5) is 2.45. The van der Waals surface area contributed by atoms with Gasteiger partial charge < -0.3 is 9.32 Å². The van der Waals surface area contributed by atoms with Crippen LogP contribution >= 0.6 is 0 Å². The van der Waals surface area contributed by atoms with Gasteiger partial charge >= 0.3 is 0 Å². The van der Waals surface area contributed by atoms with Gasteiger partial charge in [0.05, 0.1) is 11.4 Å². The lowest BCUT2D eigenvalue weighted by Crippen LogP contribution is -2.12. The SMILES string of the molecule is c1ccc(-c2ccc(N(c3ccc4c(ccc5ccccc54)c3)c3ccccc3-c3ccc4oc5cc6ccccc6cc5c4c3)c(-c3ccccc3)c2)cc1. The van der Waals surface area contributed by atoms with Crippen LogP contribution < -0.4 is 4.90 Å². The van der Waals surface area contributed by atoms with Gasteiger partial charge in [0.1, 0.15) is 11.2 Å². The molecule has 0 spiro atoms. The molecule has 262 valence electrons. The fourth-order valence-corrected chi connectivity index (χ4v) is 8.48. The highest BCUT2D eigenvalue weighted by atomic mass is 16.3. The van der Waals surface area contributed by atoms with E-state index in [0.717, 1.165) is 61.3 Å². The average Bonchev–Trinajstić information content (AvgIpc) is 3.63. The fourth-order valence-electron chi connectivity index (χ4n) is 8.48. The van der Waals surface area contributed by atoms with Crippen molar-refractivity contribution in [3.05, 3.63) is 212 Å². The van der Waals surface area contributed by atoms with Crippen LogP contribution in [0.3, 0.4) is 0 Å². The molecule has 0 fully saturated rings. The Morgan fingerprint density at radius 3 is 1.75 bits per heavy atom. The topological polar surface area (TPSA) is 16.4 Å². The second-order valence-corrected chi connectivity index (χ2v) is 14.5. The van der Waals surface area contributed by atoms with Gasteiger partial charge in [0.25, 0.3) is 0 Å². The van der Waals surface area contributed by atoms with Gasteiger partial charge in [-0.3, -0.25) is 0 Å². The van der Waals surface area contributed by atoms with Gasteiger partial charge in [0.2, 0.25) is 0 Å². The van der Waals surface area contributed by atoms with E-state index in [4.69, 9.17) is 4.42 Å². The van der Waals surface area contributed by atoms with E-state index in [9.17, 15) is 0 Å². The maximum absolute atomic E-state index is 6.44. The summed E-state index contributed by atoms with van der Waals surface area (Å²) < 4.78 is 6.44. The van der Waals surface area contributed by atoms with Crippen LogP contribution in [0.15, 0.2) is 217 Å². The molecule has 2 heteroatoms. The fraction of sp³-hybridized carbons (Fsp3) is 0. The summed E-state index contributed by atoms with van der Waals surface area (Å²) in [6, 6.07) is 76.7. The van der Waals surface area contributed by atoms with Gasteiger partial charge in [-0.2, -0.15) is 0 Å². The number of fused-ring (bicyclic) bond motifs is 7. The third kappa shape index (κ3) is 5.42. The van der Waals surface area contributed by atoms with Crippen molar-refractivity contribution in [1.82, 2.24) is 0 Å². The lowest BCUT2D eigenvalue weighted by atomic mass is 9.94. The molecule has 0 aliphatic carbocycles. The van der Waals surface area contributed by atoms with Gasteiger partial charge in [0, 0.05) is 27.6 Å². The lowest BCUT2D eigenvalue weighted by molar-refractivity contribution is 0.669. The molecule has 11 aromatic rings. The number of nitrogens with zero attached hydrogens (tertiary/aromatic N) is 1. The van der Waals surface area contributed by atoms with Gasteiger partial charge in [-0.15, -0.1) is 0 Å². The summed E-state index contributed by atoms with van der Waals surface area (Å²) >= 11 is 0. The highest BCUT2D eigenvalue weighted by molar-refractivity contribution is 6.12. The predicted octanol–water partition coefficient (Wildman–Crippen LogP) is 15.5. The van der Waals surface area contributed by atoms with Crippen LogP contribution in [0.1, 0.15) is 0 Å². The maximum atomic E-state index is 6.44. The first-order chi connectivity index (χ1) is 27.7. The molecular formula is C54H35NO. The Labute approximate surface area is 325 Å². The molecule has 0 amide bonds. The normalized spacial score (nSPS) is 11.6. The molecule has 0 aliphatic rings. The first-order valence-electron chi connectivity index (χ1n) is 19.2. The molecular weight excluding hydrogens is 679 g/mol. The van der Waals surface area contributed by atoms with Gasteiger partial charge in [-0.05, 0) is 109 Å². The van der Waals surface area contributed by atoms with Gasteiger partial charge in [-0.25, -0.2) is 0 Å². The summed E-state index contributed by atoms with van der Waals surface area (Å²) in [5, 5.41) is 9.56. The van der Waals surface area contributed by atoms with E-state index in [-0.39, 0.29) is 0 Å². The van der Waals surface area contributed by atoms with Crippen LogP contribution in [0.5, 0.6) is 0 Å². The Hall–Kier alpha value is -7.42. The maximum Gasteiger partial charge on any atom is 0.136 e. The Kier molecular flexibility index (Phi) is 7.53. The smallest absolute Gasteiger partial charge is 0.136 e. The van der Waals surface area contributed by atoms with Crippen molar-refractivity contribution in [2.24, 2.45) is 0 Å². The zero-order chi connectivity index (χ0) is 37.0. The monoisotopic (exact) mass is 713 g/mol. The van der Waals surface area contributed by atoms with Crippen molar-refractivity contribution in [3.63, 3.8) is 0 Å². The molecule has 0 unspecified atom stereocenters. The van der Waals surface area contributed by atoms with Crippen LogP contribution in [0, 0.1) is 0 Å². The number of hydrogen-bond acceptors (Lipinski definition) is 2. The minimum Gasteiger partial charge on any atom is -0.456 e. The lowest BCUT2D eigenvalue weighted by Gasteiger charge is -2.30. The number of para-hydroxylation sites is 1. The van der Waals surface area contributed by atoms with Crippen LogP contribution in [-0.4, -0.2) is 0 Å². The molecule has 0 saturated carbocycles. The van der Waals surface area contributed by atoms with Crippen molar-refractivity contribution in [2.75, 3.05) is 4.90 Å². The van der Waals surface area contributed by atoms with Crippen LogP contribution in [0.25, 0.3) is 87.6 Å². The molecule has 1 aromatic heterocycles. The summed E-state index contributed by atoms with van der Waals surface area (Å²) in [6.07, 6.45) is 0. The quantitative estimate of drug-likeness (QED) is 0.160.